The Morgan fingerprint density at radius 1 is 0.889 bits per heavy atom. The number of hydrogen-bond acceptors (Lipinski definition) is 3. The molecule has 0 N–H and O–H groups in total. The average molecular weight is 369 g/mol. The van der Waals surface area contributed by atoms with E-state index in [0.717, 1.165) is 31.2 Å². The van der Waals surface area contributed by atoms with E-state index >= 15 is 0 Å². The molecule has 2 aromatic rings. The van der Waals surface area contributed by atoms with Crippen LogP contribution in [0.1, 0.15) is 81.1 Å². The molecular weight excluding hydrogens is 336 g/mol. The van der Waals surface area contributed by atoms with Gasteiger partial charge in [0, 0.05) is 0 Å². The molecule has 0 amide bonds. The van der Waals surface area contributed by atoms with Gasteiger partial charge in [-0.15, -0.1) is 0 Å². The Kier molecular flexibility index (Phi) is 8.90. The first-order valence-corrected chi connectivity index (χ1v) is 10.2. The van der Waals surface area contributed by atoms with E-state index in [0.29, 0.717) is 29.6 Å². The molecule has 0 aliphatic carbocycles. The molecule has 0 aromatic heterocycles. The third kappa shape index (κ3) is 6.42. The van der Waals surface area contributed by atoms with Crippen LogP contribution in [0.4, 0.5) is 0 Å². The minimum Gasteiger partial charge on any atom is -0.493 e. The van der Waals surface area contributed by atoms with Gasteiger partial charge in [0.25, 0.3) is 0 Å². The first kappa shape index (κ1) is 21.0. The van der Waals surface area contributed by atoms with Crippen LogP contribution in [0, 0.1) is 0 Å². The van der Waals surface area contributed by atoms with Crippen molar-refractivity contribution in [1.29, 1.82) is 0 Å². The molecule has 0 fully saturated rings. The highest BCUT2D eigenvalue weighted by molar-refractivity contribution is 5.94. The molecular formula is C24H32O3. The van der Waals surface area contributed by atoms with Crippen LogP contribution >= 0.6 is 0 Å². The summed E-state index contributed by atoms with van der Waals surface area (Å²) in [6, 6.07) is 15.1. The zero-order valence-corrected chi connectivity index (χ0v) is 16.9. The van der Waals surface area contributed by atoms with Crippen LogP contribution in [0.5, 0.6) is 11.5 Å². The Bertz CT molecular complexity index is 708. The SMILES string of the molecule is CCCCCCOc1ccccc1C(=O)Oc1ccccc1C(C)CCC. The highest BCUT2D eigenvalue weighted by atomic mass is 16.5. The molecule has 146 valence electrons. The van der Waals surface area contributed by atoms with Gasteiger partial charge < -0.3 is 9.47 Å². The fourth-order valence-corrected chi connectivity index (χ4v) is 3.20. The van der Waals surface area contributed by atoms with Crippen molar-refractivity contribution in [1.82, 2.24) is 0 Å². The summed E-state index contributed by atoms with van der Waals surface area (Å²) in [5.74, 6) is 1.22. The lowest BCUT2D eigenvalue weighted by molar-refractivity contribution is 0.0728. The third-order valence-electron chi connectivity index (χ3n) is 4.74. The number of esters is 1. The molecule has 27 heavy (non-hydrogen) atoms. The average Bonchev–Trinajstić information content (AvgIpc) is 2.68. The number of unbranched alkanes of at least 4 members (excludes halogenated alkanes) is 3. The number of hydrogen-bond donors (Lipinski definition) is 0. The number of ether oxygens (including phenoxy) is 2. The summed E-state index contributed by atoms with van der Waals surface area (Å²) in [7, 11) is 0. The van der Waals surface area contributed by atoms with Crippen molar-refractivity contribution in [3.05, 3.63) is 59.7 Å². The quantitative estimate of drug-likeness (QED) is 0.249. The maximum atomic E-state index is 12.8. The van der Waals surface area contributed by atoms with E-state index in [-0.39, 0.29) is 5.97 Å². The lowest BCUT2D eigenvalue weighted by Gasteiger charge is -2.16. The molecule has 0 saturated heterocycles. The van der Waals surface area contributed by atoms with Crippen LogP contribution in [0.3, 0.4) is 0 Å². The Morgan fingerprint density at radius 2 is 1.59 bits per heavy atom. The van der Waals surface area contributed by atoms with E-state index in [1.54, 1.807) is 6.07 Å². The van der Waals surface area contributed by atoms with Crippen LogP contribution in [-0.4, -0.2) is 12.6 Å². The first-order valence-electron chi connectivity index (χ1n) is 10.2. The van der Waals surface area contributed by atoms with Gasteiger partial charge in [0.2, 0.25) is 0 Å². The van der Waals surface area contributed by atoms with E-state index in [2.05, 4.69) is 20.8 Å². The number of benzene rings is 2. The van der Waals surface area contributed by atoms with Gasteiger partial charge in [0.1, 0.15) is 17.1 Å². The Balaban J connectivity index is 2.08. The van der Waals surface area contributed by atoms with E-state index in [1.807, 2.05) is 42.5 Å². The number of rotatable bonds is 11. The molecule has 1 unspecified atom stereocenters. The van der Waals surface area contributed by atoms with E-state index < -0.39 is 0 Å². The summed E-state index contributed by atoms with van der Waals surface area (Å²) in [6.45, 7) is 7.14. The van der Waals surface area contributed by atoms with Crippen LogP contribution in [0.15, 0.2) is 48.5 Å². The fraction of sp³-hybridized carbons (Fsp3) is 0.458. The molecule has 0 aliphatic rings. The van der Waals surface area contributed by atoms with Crippen LogP contribution < -0.4 is 9.47 Å². The largest absolute Gasteiger partial charge is 0.493 e. The van der Waals surface area contributed by atoms with Crippen molar-refractivity contribution in [2.45, 2.75) is 65.2 Å². The fourth-order valence-electron chi connectivity index (χ4n) is 3.20. The lowest BCUT2D eigenvalue weighted by Crippen LogP contribution is -2.13. The molecule has 0 spiro atoms. The maximum absolute atomic E-state index is 12.8. The van der Waals surface area contributed by atoms with Crippen molar-refractivity contribution < 1.29 is 14.3 Å². The van der Waals surface area contributed by atoms with Gasteiger partial charge in [-0.1, -0.05) is 76.8 Å². The Morgan fingerprint density at radius 3 is 2.33 bits per heavy atom. The van der Waals surface area contributed by atoms with Gasteiger partial charge >= 0.3 is 5.97 Å². The smallest absolute Gasteiger partial charge is 0.347 e. The van der Waals surface area contributed by atoms with Crippen LogP contribution in [-0.2, 0) is 0 Å². The number of para-hydroxylation sites is 2. The maximum Gasteiger partial charge on any atom is 0.347 e. The molecule has 0 saturated carbocycles. The van der Waals surface area contributed by atoms with E-state index in [9.17, 15) is 4.79 Å². The molecule has 0 bridgehead atoms. The van der Waals surface area contributed by atoms with Gasteiger partial charge in [0.15, 0.2) is 0 Å². The van der Waals surface area contributed by atoms with E-state index in [4.69, 9.17) is 9.47 Å². The third-order valence-corrected chi connectivity index (χ3v) is 4.74. The number of carbonyl (C=O) groups is 1. The van der Waals surface area contributed by atoms with E-state index in [1.165, 1.54) is 12.8 Å². The van der Waals surface area contributed by atoms with Crippen molar-refractivity contribution in [2.75, 3.05) is 6.61 Å². The van der Waals surface area contributed by atoms with Gasteiger partial charge in [-0.3, -0.25) is 0 Å². The molecule has 0 aliphatic heterocycles. The highest BCUT2D eigenvalue weighted by Crippen LogP contribution is 2.30. The second kappa shape index (κ2) is 11.4. The predicted molar refractivity (Wildman–Crippen MR) is 111 cm³/mol. The minimum atomic E-state index is -0.365. The summed E-state index contributed by atoms with van der Waals surface area (Å²) in [5.41, 5.74) is 1.55. The van der Waals surface area contributed by atoms with Crippen LogP contribution in [0.25, 0.3) is 0 Å². The molecule has 0 radical (unpaired) electrons. The second-order valence-electron chi connectivity index (χ2n) is 7.02. The molecule has 2 rings (SSSR count). The van der Waals surface area contributed by atoms with Crippen molar-refractivity contribution in [3.8, 4) is 11.5 Å². The zero-order valence-electron chi connectivity index (χ0n) is 16.9. The highest BCUT2D eigenvalue weighted by Gasteiger charge is 2.18. The molecule has 3 heteroatoms. The minimum absolute atomic E-state index is 0.351. The van der Waals surface area contributed by atoms with Gasteiger partial charge in [0.05, 0.1) is 6.61 Å². The first-order chi connectivity index (χ1) is 13.2. The molecule has 3 nitrogen and oxygen atoms in total. The standard InChI is InChI=1S/C24H32O3/c1-4-6-7-12-18-26-22-16-10-9-15-21(22)24(25)27-23-17-11-8-14-20(23)19(3)13-5-2/h8-11,14-17,19H,4-7,12-13,18H2,1-3H3. The van der Waals surface area contributed by atoms with Gasteiger partial charge in [-0.05, 0) is 42.5 Å². The summed E-state index contributed by atoms with van der Waals surface area (Å²) < 4.78 is 11.6. The van der Waals surface area contributed by atoms with Gasteiger partial charge in [-0.25, -0.2) is 4.79 Å². The summed E-state index contributed by atoms with van der Waals surface area (Å²) in [5, 5.41) is 0. The summed E-state index contributed by atoms with van der Waals surface area (Å²) in [4.78, 5) is 12.8. The molecule has 0 heterocycles. The molecule has 2 aromatic carbocycles. The second-order valence-corrected chi connectivity index (χ2v) is 7.02. The van der Waals surface area contributed by atoms with Crippen molar-refractivity contribution in [2.24, 2.45) is 0 Å². The van der Waals surface area contributed by atoms with Crippen LogP contribution in [0.2, 0.25) is 0 Å². The summed E-state index contributed by atoms with van der Waals surface area (Å²) in [6.07, 6.45) is 6.70. The zero-order chi connectivity index (χ0) is 19.5. The lowest BCUT2D eigenvalue weighted by atomic mass is 9.96. The Hall–Kier alpha value is -2.29. The summed E-state index contributed by atoms with van der Waals surface area (Å²) >= 11 is 0. The topological polar surface area (TPSA) is 35.5 Å². The van der Waals surface area contributed by atoms with Gasteiger partial charge in [-0.2, -0.15) is 0 Å². The molecule has 1 atom stereocenters. The Labute approximate surface area is 163 Å². The number of carbonyl (C=O) groups excluding carboxylic acids is 1. The monoisotopic (exact) mass is 368 g/mol. The predicted octanol–water partition coefficient (Wildman–Crippen LogP) is 6.77. The normalized spacial score (nSPS) is 11.8. The van der Waals surface area contributed by atoms with Crippen molar-refractivity contribution in [3.63, 3.8) is 0 Å². The van der Waals surface area contributed by atoms with Crippen molar-refractivity contribution >= 4 is 5.97 Å².